The second-order valence-electron chi connectivity index (χ2n) is 4.30. The number of benzene rings is 1. The van der Waals surface area contributed by atoms with Crippen molar-refractivity contribution in [3.8, 4) is 0 Å². The van der Waals surface area contributed by atoms with E-state index in [9.17, 15) is 9.18 Å². The van der Waals surface area contributed by atoms with Crippen molar-refractivity contribution >= 4 is 5.78 Å². The first-order valence-corrected chi connectivity index (χ1v) is 5.23. The zero-order valence-electron chi connectivity index (χ0n) is 9.51. The maximum atomic E-state index is 12.8. The average molecular weight is 208 g/mol. The third-order valence-corrected chi connectivity index (χ3v) is 2.96. The maximum absolute atomic E-state index is 12.8. The van der Waals surface area contributed by atoms with E-state index in [0.29, 0.717) is 6.42 Å². The Balaban J connectivity index is 3.00. The Morgan fingerprint density at radius 1 is 1.33 bits per heavy atom. The fourth-order valence-corrected chi connectivity index (χ4v) is 1.83. The maximum Gasteiger partial charge on any atom is 0.130 e. The van der Waals surface area contributed by atoms with Gasteiger partial charge in [-0.1, -0.05) is 26.0 Å². The van der Waals surface area contributed by atoms with Crippen molar-refractivity contribution < 1.29 is 9.18 Å². The quantitative estimate of drug-likeness (QED) is 0.740. The van der Waals surface area contributed by atoms with Gasteiger partial charge in [0.2, 0.25) is 0 Å². The van der Waals surface area contributed by atoms with Gasteiger partial charge in [-0.25, -0.2) is 4.39 Å². The van der Waals surface area contributed by atoms with Crippen LogP contribution < -0.4 is 0 Å². The third kappa shape index (κ3) is 2.88. The summed E-state index contributed by atoms with van der Waals surface area (Å²) in [5, 5.41) is 0. The first-order valence-electron chi connectivity index (χ1n) is 5.23. The summed E-state index contributed by atoms with van der Waals surface area (Å²) in [4.78, 5) is 11.2. The Hall–Kier alpha value is -1.18. The molecule has 0 saturated carbocycles. The van der Waals surface area contributed by atoms with Gasteiger partial charge in [0.15, 0.2) is 0 Å². The number of carbonyl (C=O) groups excluding carboxylic acids is 1. The molecule has 0 spiro atoms. The van der Waals surface area contributed by atoms with Crippen LogP contribution in [-0.4, -0.2) is 5.78 Å². The van der Waals surface area contributed by atoms with Crippen LogP contribution in [0.2, 0.25) is 0 Å². The highest BCUT2D eigenvalue weighted by Gasteiger charge is 2.26. The van der Waals surface area contributed by atoms with Crippen LogP contribution in [0, 0.1) is 5.82 Å². The monoisotopic (exact) mass is 208 g/mol. The molecule has 0 saturated heterocycles. The molecule has 0 aromatic heterocycles. The topological polar surface area (TPSA) is 17.1 Å². The van der Waals surface area contributed by atoms with E-state index in [0.717, 1.165) is 12.0 Å². The molecule has 82 valence electrons. The summed E-state index contributed by atoms with van der Waals surface area (Å²) >= 11 is 0. The highest BCUT2D eigenvalue weighted by molar-refractivity contribution is 5.77. The van der Waals surface area contributed by atoms with Gasteiger partial charge in [-0.05, 0) is 36.5 Å². The minimum atomic E-state index is -0.236. The number of Topliss-reactive ketones (excluding diaryl/α,β-unsaturated/α-hetero) is 1. The smallest absolute Gasteiger partial charge is 0.130 e. The molecular formula is C13H17FO. The molecule has 1 aromatic carbocycles. The predicted molar refractivity (Wildman–Crippen MR) is 59.3 cm³/mol. The van der Waals surface area contributed by atoms with Gasteiger partial charge < -0.3 is 0 Å². The van der Waals surface area contributed by atoms with Crippen molar-refractivity contribution in [1.82, 2.24) is 0 Å². The lowest BCUT2D eigenvalue weighted by Crippen LogP contribution is -2.23. The van der Waals surface area contributed by atoms with Gasteiger partial charge in [0.1, 0.15) is 11.6 Å². The first-order chi connectivity index (χ1) is 6.98. The van der Waals surface area contributed by atoms with Crippen LogP contribution >= 0.6 is 0 Å². The lowest BCUT2D eigenvalue weighted by atomic mass is 9.76. The number of ketones is 1. The summed E-state index contributed by atoms with van der Waals surface area (Å²) in [5.74, 6) is -0.0660. The predicted octanol–water partition coefficient (Wildman–Crippen LogP) is 3.47. The van der Waals surface area contributed by atoms with Crippen molar-refractivity contribution in [2.75, 3.05) is 0 Å². The average Bonchev–Trinajstić information content (AvgIpc) is 2.17. The molecule has 0 bridgehead atoms. The summed E-state index contributed by atoms with van der Waals surface area (Å²) in [6.07, 6.45) is 1.38. The van der Waals surface area contributed by atoms with Gasteiger partial charge in [0.05, 0.1) is 0 Å². The van der Waals surface area contributed by atoms with Crippen molar-refractivity contribution in [3.63, 3.8) is 0 Å². The van der Waals surface area contributed by atoms with Crippen LogP contribution in [0.5, 0.6) is 0 Å². The second-order valence-corrected chi connectivity index (χ2v) is 4.30. The molecular weight excluding hydrogens is 191 g/mol. The number of halogens is 1. The van der Waals surface area contributed by atoms with Crippen LogP contribution in [0.4, 0.5) is 4.39 Å². The summed E-state index contributed by atoms with van der Waals surface area (Å²) < 4.78 is 12.8. The molecule has 1 nitrogen and oxygen atoms in total. The Morgan fingerprint density at radius 3 is 2.27 bits per heavy atom. The first kappa shape index (κ1) is 11.9. The Kier molecular flexibility index (Phi) is 3.61. The van der Waals surface area contributed by atoms with Gasteiger partial charge in [-0.15, -0.1) is 0 Å². The number of rotatable bonds is 4. The lowest BCUT2D eigenvalue weighted by molar-refractivity contribution is -0.118. The van der Waals surface area contributed by atoms with Gasteiger partial charge in [0, 0.05) is 6.42 Å². The SMILES string of the molecule is CC[C@@](C)(CC(C)=O)c1ccc(F)cc1. The molecule has 0 heterocycles. The van der Waals surface area contributed by atoms with E-state index < -0.39 is 0 Å². The van der Waals surface area contributed by atoms with Gasteiger partial charge in [0.25, 0.3) is 0 Å². The van der Waals surface area contributed by atoms with E-state index in [-0.39, 0.29) is 17.0 Å². The fraction of sp³-hybridized carbons (Fsp3) is 0.462. The molecule has 0 aliphatic carbocycles. The van der Waals surface area contributed by atoms with Crippen LogP contribution in [0.3, 0.4) is 0 Å². The molecule has 1 rings (SSSR count). The minimum Gasteiger partial charge on any atom is -0.300 e. The molecule has 2 heteroatoms. The Labute approximate surface area is 90.3 Å². The molecule has 0 aliphatic heterocycles. The zero-order valence-corrected chi connectivity index (χ0v) is 9.51. The molecule has 0 N–H and O–H groups in total. The molecule has 0 unspecified atom stereocenters. The molecule has 0 fully saturated rings. The minimum absolute atomic E-state index is 0.167. The largest absolute Gasteiger partial charge is 0.300 e. The van der Waals surface area contributed by atoms with E-state index >= 15 is 0 Å². The van der Waals surface area contributed by atoms with Crippen molar-refractivity contribution in [2.24, 2.45) is 0 Å². The Bertz CT molecular complexity index is 342. The number of hydrogen-bond donors (Lipinski definition) is 0. The summed E-state index contributed by atoms with van der Waals surface area (Å²) in [6, 6.07) is 6.43. The summed E-state index contributed by atoms with van der Waals surface area (Å²) in [6.45, 7) is 5.69. The molecule has 1 aromatic rings. The standard InChI is InChI=1S/C13H17FO/c1-4-13(3,9-10(2)15)11-5-7-12(14)8-6-11/h5-8H,4,9H2,1-3H3/t13-/m0/s1. The molecule has 0 aliphatic rings. The van der Waals surface area contributed by atoms with Crippen molar-refractivity contribution in [3.05, 3.63) is 35.6 Å². The number of carbonyl (C=O) groups is 1. The van der Waals surface area contributed by atoms with Crippen LogP contribution in [0.25, 0.3) is 0 Å². The van der Waals surface area contributed by atoms with Crippen molar-refractivity contribution in [2.45, 2.75) is 39.0 Å². The second kappa shape index (κ2) is 4.56. The zero-order chi connectivity index (χ0) is 11.5. The van der Waals surface area contributed by atoms with E-state index in [1.54, 1.807) is 19.1 Å². The molecule has 15 heavy (non-hydrogen) atoms. The van der Waals surface area contributed by atoms with Gasteiger partial charge >= 0.3 is 0 Å². The van der Waals surface area contributed by atoms with Crippen LogP contribution in [0.1, 0.15) is 39.2 Å². The fourth-order valence-electron chi connectivity index (χ4n) is 1.83. The summed E-state index contributed by atoms with van der Waals surface area (Å²) in [7, 11) is 0. The lowest BCUT2D eigenvalue weighted by Gasteiger charge is -2.27. The van der Waals surface area contributed by atoms with E-state index in [1.807, 2.05) is 13.8 Å². The molecule has 0 radical (unpaired) electrons. The number of hydrogen-bond acceptors (Lipinski definition) is 1. The third-order valence-electron chi connectivity index (χ3n) is 2.96. The van der Waals surface area contributed by atoms with Crippen LogP contribution in [0.15, 0.2) is 24.3 Å². The molecule has 1 atom stereocenters. The van der Waals surface area contributed by atoms with E-state index in [4.69, 9.17) is 0 Å². The highest BCUT2D eigenvalue weighted by Crippen LogP contribution is 2.31. The van der Waals surface area contributed by atoms with Crippen LogP contribution in [-0.2, 0) is 10.2 Å². The van der Waals surface area contributed by atoms with E-state index in [1.165, 1.54) is 12.1 Å². The van der Waals surface area contributed by atoms with Gasteiger partial charge in [-0.3, -0.25) is 4.79 Å². The van der Waals surface area contributed by atoms with Crippen molar-refractivity contribution in [1.29, 1.82) is 0 Å². The highest BCUT2D eigenvalue weighted by atomic mass is 19.1. The molecule has 0 amide bonds. The normalized spacial score (nSPS) is 14.7. The Morgan fingerprint density at radius 2 is 1.87 bits per heavy atom. The summed E-state index contributed by atoms with van der Waals surface area (Å²) in [5.41, 5.74) is 0.862. The van der Waals surface area contributed by atoms with E-state index in [2.05, 4.69) is 0 Å². The van der Waals surface area contributed by atoms with Gasteiger partial charge in [-0.2, -0.15) is 0 Å².